The highest BCUT2D eigenvalue weighted by molar-refractivity contribution is 5.94. The molecule has 0 radical (unpaired) electrons. The van der Waals surface area contributed by atoms with Gasteiger partial charge in [0.25, 0.3) is 5.91 Å². The van der Waals surface area contributed by atoms with E-state index in [-0.39, 0.29) is 29.8 Å². The van der Waals surface area contributed by atoms with Gasteiger partial charge in [0.05, 0.1) is 7.11 Å². The van der Waals surface area contributed by atoms with E-state index in [9.17, 15) is 24.0 Å². The molecule has 2 fully saturated rings. The van der Waals surface area contributed by atoms with Crippen LogP contribution in [0.4, 0.5) is 0 Å². The number of carbonyl (C=O) groups is 5. The molecule has 14 nitrogen and oxygen atoms in total. The zero-order chi connectivity index (χ0) is 32.2. The van der Waals surface area contributed by atoms with E-state index in [4.69, 9.17) is 33.2 Å². The van der Waals surface area contributed by atoms with Crippen LogP contribution in [0.25, 0.3) is 0 Å². The largest absolute Gasteiger partial charge is 0.493 e. The maximum absolute atomic E-state index is 12.8. The van der Waals surface area contributed by atoms with Gasteiger partial charge in [-0.05, 0) is 57.1 Å². The summed E-state index contributed by atoms with van der Waals surface area (Å²) in [6.45, 7) is 7.79. The Labute approximate surface area is 268 Å². The summed E-state index contributed by atoms with van der Waals surface area (Å²) in [5.74, 6) is -2.93. The van der Waals surface area contributed by atoms with Gasteiger partial charge in [-0.25, -0.2) is 0 Å². The van der Waals surface area contributed by atoms with E-state index >= 15 is 0 Å². The van der Waals surface area contributed by atoms with Crippen LogP contribution in [0.2, 0.25) is 0 Å². The van der Waals surface area contributed by atoms with Crippen molar-refractivity contribution in [1.82, 2.24) is 10.2 Å². The van der Waals surface area contributed by atoms with Crippen molar-refractivity contribution in [2.75, 3.05) is 39.9 Å². The Kier molecular flexibility index (Phi) is 15.3. The molecule has 3 rings (SSSR count). The average Bonchev–Trinajstić information content (AvgIpc) is 2.97. The zero-order valence-electron chi connectivity index (χ0n) is 26.2. The molecular weight excluding hydrogens is 616 g/mol. The van der Waals surface area contributed by atoms with Gasteiger partial charge in [-0.15, -0.1) is 12.4 Å². The monoisotopic (exact) mass is 658 g/mol. The number of benzene rings is 1. The SMILES string of the molecule is COc1cc(C(=O)NCCCN2CCCCC2)ccc1OC1O[C@H](COC(C)=O)[C@@H](OC(C)=O)[C@H](OC(C)=O)[C@H]1OC(C)=O.Cl. The molecule has 0 aliphatic carbocycles. The highest BCUT2D eigenvalue weighted by Crippen LogP contribution is 2.35. The van der Waals surface area contributed by atoms with Crippen molar-refractivity contribution in [3.05, 3.63) is 23.8 Å². The van der Waals surface area contributed by atoms with Gasteiger partial charge in [-0.2, -0.15) is 0 Å². The number of ether oxygens (including phenoxy) is 7. The van der Waals surface area contributed by atoms with Gasteiger partial charge in [0.15, 0.2) is 23.7 Å². The lowest BCUT2D eigenvalue weighted by molar-refractivity contribution is -0.288. The predicted molar refractivity (Wildman–Crippen MR) is 160 cm³/mol. The van der Waals surface area contributed by atoms with Gasteiger partial charge in [0.1, 0.15) is 12.7 Å². The molecule has 1 aromatic carbocycles. The van der Waals surface area contributed by atoms with Gasteiger partial charge < -0.3 is 43.4 Å². The minimum absolute atomic E-state index is 0. The molecule has 0 spiro atoms. The zero-order valence-corrected chi connectivity index (χ0v) is 27.1. The standard InChI is InChI=1S/C30H42N2O12.ClH/c1-18(33)39-17-25-26(40-19(2)34)27(41-20(3)35)28(42-21(4)36)30(44-25)43-23-11-10-22(16-24(23)38-5)29(37)31-12-9-15-32-13-7-6-8-14-32;/h10-11,16,25-28,30H,6-9,12-15,17H2,1-5H3,(H,31,37);1H/t25-,26-,27+,28-,30?;/m1./s1. The Morgan fingerprint density at radius 2 is 1.47 bits per heavy atom. The van der Waals surface area contributed by atoms with Crippen LogP contribution >= 0.6 is 12.4 Å². The number of methoxy groups -OCH3 is 1. The second-order valence-corrected chi connectivity index (χ2v) is 10.6. The number of likely N-dealkylation sites (tertiary alicyclic amines) is 1. The molecule has 252 valence electrons. The molecule has 45 heavy (non-hydrogen) atoms. The highest BCUT2D eigenvalue weighted by atomic mass is 35.5. The number of hydrogen-bond acceptors (Lipinski definition) is 13. The number of nitrogens with zero attached hydrogens (tertiary/aromatic N) is 1. The van der Waals surface area contributed by atoms with E-state index in [0.717, 1.165) is 46.8 Å². The van der Waals surface area contributed by atoms with Crippen LogP contribution in [-0.2, 0) is 42.9 Å². The van der Waals surface area contributed by atoms with E-state index in [2.05, 4.69) is 10.2 Å². The summed E-state index contributed by atoms with van der Waals surface area (Å²) in [7, 11) is 1.38. The third-order valence-corrected chi connectivity index (χ3v) is 7.00. The third kappa shape index (κ3) is 11.7. The topological polar surface area (TPSA) is 165 Å². The van der Waals surface area contributed by atoms with Crippen molar-refractivity contribution in [2.24, 2.45) is 0 Å². The summed E-state index contributed by atoms with van der Waals surface area (Å²) in [5.41, 5.74) is 0.328. The summed E-state index contributed by atoms with van der Waals surface area (Å²) in [6, 6.07) is 4.50. The first kappa shape index (κ1) is 37.6. The van der Waals surface area contributed by atoms with Crippen molar-refractivity contribution in [3.8, 4) is 11.5 Å². The molecule has 1 unspecified atom stereocenters. The van der Waals surface area contributed by atoms with Gasteiger partial charge in [-0.3, -0.25) is 24.0 Å². The number of rotatable bonds is 13. The summed E-state index contributed by atoms with van der Waals surface area (Å²) in [6.07, 6.45) is -2.24. The second-order valence-electron chi connectivity index (χ2n) is 10.6. The number of piperidine rings is 1. The van der Waals surface area contributed by atoms with Crippen molar-refractivity contribution in [1.29, 1.82) is 0 Å². The molecule has 0 bridgehead atoms. The average molecular weight is 659 g/mol. The highest BCUT2D eigenvalue weighted by Gasteiger charge is 2.53. The molecule has 2 aliphatic rings. The van der Waals surface area contributed by atoms with Gasteiger partial charge in [-0.1, -0.05) is 6.42 Å². The van der Waals surface area contributed by atoms with Gasteiger partial charge >= 0.3 is 23.9 Å². The Morgan fingerprint density at radius 1 is 0.844 bits per heavy atom. The molecule has 15 heteroatoms. The quantitative estimate of drug-likeness (QED) is 0.186. The first-order valence-corrected chi connectivity index (χ1v) is 14.6. The fourth-order valence-corrected chi connectivity index (χ4v) is 5.10. The van der Waals surface area contributed by atoms with Crippen molar-refractivity contribution < 1.29 is 57.1 Å². The molecule has 1 aromatic rings. The number of nitrogens with one attached hydrogen (secondary N) is 1. The molecule has 1 amide bonds. The van der Waals surface area contributed by atoms with E-state index in [1.165, 1.54) is 51.5 Å². The van der Waals surface area contributed by atoms with Crippen LogP contribution in [0, 0.1) is 0 Å². The molecule has 2 aliphatic heterocycles. The second kappa shape index (κ2) is 18.4. The molecule has 2 saturated heterocycles. The maximum Gasteiger partial charge on any atom is 0.303 e. The summed E-state index contributed by atoms with van der Waals surface area (Å²) in [5, 5.41) is 2.92. The van der Waals surface area contributed by atoms with Crippen LogP contribution in [0.3, 0.4) is 0 Å². The molecule has 5 atom stereocenters. The smallest absolute Gasteiger partial charge is 0.303 e. The Morgan fingerprint density at radius 3 is 2.07 bits per heavy atom. The first-order chi connectivity index (χ1) is 21.0. The van der Waals surface area contributed by atoms with Crippen LogP contribution in [0.1, 0.15) is 63.7 Å². The fraction of sp³-hybridized carbons (Fsp3) is 0.633. The number of esters is 4. The van der Waals surface area contributed by atoms with E-state index in [1.807, 2.05) is 0 Å². The Bertz CT molecular complexity index is 1180. The van der Waals surface area contributed by atoms with Crippen LogP contribution < -0.4 is 14.8 Å². The van der Waals surface area contributed by atoms with Crippen LogP contribution in [0.15, 0.2) is 18.2 Å². The number of amides is 1. The minimum Gasteiger partial charge on any atom is -0.493 e. The normalized spacial score (nSPS) is 23.0. The predicted octanol–water partition coefficient (Wildman–Crippen LogP) is 2.18. The van der Waals surface area contributed by atoms with Crippen LogP contribution in [-0.4, -0.2) is 105 Å². The van der Waals surface area contributed by atoms with Crippen molar-refractivity contribution >= 4 is 42.2 Å². The molecule has 0 aromatic heterocycles. The lowest BCUT2D eigenvalue weighted by Gasteiger charge is -2.44. The fourth-order valence-electron chi connectivity index (χ4n) is 5.10. The maximum atomic E-state index is 12.8. The summed E-state index contributed by atoms with van der Waals surface area (Å²) < 4.78 is 38.9. The third-order valence-electron chi connectivity index (χ3n) is 7.00. The number of hydrogen-bond donors (Lipinski definition) is 1. The van der Waals surface area contributed by atoms with Crippen LogP contribution in [0.5, 0.6) is 11.5 Å². The van der Waals surface area contributed by atoms with Crippen molar-refractivity contribution in [3.63, 3.8) is 0 Å². The molecule has 2 heterocycles. The number of halogens is 1. The van der Waals surface area contributed by atoms with Crippen molar-refractivity contribution in [2.45, 2.75) is 84.1 Å². The molecular formula is C30H43ClN2O12. The molecule has 0 saturated carbocycles. The van der Waals surface area contributed by atoms with E-state index in [1.54, 1.807) is 0 Å². The molecule has 1 N–H and O–H groups in total. The van der Waals surface area contributed by atoms with E-state index < -0.39 is 61.2 Å². The minimum atomic E-state index is -1.45. The Balaban J connectivity index is 0.00000705. The Hall–Kier alpha value is -3.62. The lowest BCUT2D eigenvalue weighted by atomic mass is 9.98. The van der Waals surface area contributed by atoms with Gasteiger partial charge in [0.2, 0.25) is 12.4 Å². The van der Waals surface area contributed by atoms with Gasteiger partial charge in [0, 0.05) is 39.8 Å². The number of carbonyl (C=O) groups excluding carboxylic acids is 5. The van der Waals surface area contributed by atoms with E-state index in [0.29, 0.717) is 12.1 Å². The lowest BCUT2D eigenvalue weighted by Crippen LogP contribution is -2.63. The summed E-state index contributed by atoms with van der Waals surface area (Å²) >= 11 is 0. The first-order valence-electron chi connectivity index (χ1n) is 14.6. The summed E-state index contributed by atoms with van der Waals surface area (Å²) in [4.78, 5) is 62.9.